The maximum Gasteiger partial charge on any atom is 0.407 e. The van der Waals surface area contributed by atoms with E-state index in [0.717, 1.165) is 16.9 Å². The summed E-state index contributed by atoms with van der Waals surface area (Å²) >= 11 is 0. The molecule has 0 aliphatic heterocycles. The summed E-state index contributed by atoms with van der Waals surface area (Å²) in [6.07, 6.45) is -0.518. The summed E-state index contributed by atoms with van der Waals surface area (Å²) in [4.78, 5) is 24.7. The Morgan fingerprint density at radius 3 is 2.31 bits per heavy atom. The van der Waals surface area contributed by atoms with E-state index < -0.39 is 11.7 Å². The van der Waals surface area contributed by atoms with Crippen molar-refractivity contribution in [3.05, 3.63) is 65.2 Å². The molecule has 156 valence electrons. The van der Waals surface area contributed by atoms with Gasteiger partial charge in [-0.05, 0) is 63.9 Å². The van der Waals surface area contributed by atoms with Crippen molar-refractivity contribution in [1.29, 1.82) is 0 Å². The minimum Gasteiger partial charge on any atom is -0.494 e. The lowest BCUT2D eigenvalue weighted by atomic mass is 10.0. The van der Waals surface area contributed by atoms with Crippen LogP contribution in [0.25, 0.3) is 0 Å². The Labute approximate surface area is 172 Å². The Hall–Kier alpha value is -3.02. The van der Waals surface area contributed by atoms with Crippen molar-refractivity contribution in [3.63, 3.8) is 0 Å². The Bertz CT molecular complexity index is 826. The van der Waals surface area contributed by atoms with Gasteiger partial charge in [0.1, 0.15) is 11.4 Å². The molecule has 0 bridgehead atoms. The predicted octanol–water partition coefficient (Wildman–Crippen LogP) is 4.60. The van der Waals surface area contributed by atoms with Crippen LogP contribution in [0.3, 0.4) is 0 Å². The molecule has 0 aliphatic carbocycles. The third kappa shape index (κ3) is 7.14. The van der Waals surface area contributed by atoms with Gasteiger partial charge in [-0.25, -0.2) is 4.79 Å². The minimum atomic E-state index is -0.575. The van der Waals surface area contributed by atoms with E-state index in [2.05, 4.69) is 10.6 Å². The van der Waals surface area contributed by atoms with Crippen molar-refractivity contribution in [2.24, 2.45) is 0 Å². The van der Waals surface area contributed by atoms with E-state index in [-0.39, 0.29) is 18.5 Å². The molecule has 0 unspecified atom stereocenters. The van der Waals surface area contributed by atoms with Gasteiger partial charge >= 0.3 is 6.09 Å². The third-order valence-corrected chi connectivity index (χ3v) is 4.12. The van der Waals surface area contributed by atoms with Crippen LogP contribution in [0.4, 0.5) is 4.79 Å². The Balaban J connectivity index is 2.02. The zero-order chi connectivity index (χ0) is 21.4. The van der Waals surface area contributed by atoms with Gasteiger partial charge in [-0.15, -0.1) is 0 Å². The number of carbonyl (C=O) groups excluding carboxylic acids is 2. The van der Waals surface area contributed by atoms with Gasteiger partial charge in [0.25, 0.3) is 5.91 Å². The maximum absolute atomic E-state index is 12.8. The van der Waals surface area contributed by atoms with Crippen LogP contribution in [-0.2, 0) is 11.3 Å². The number of carbonyl (C=O) groups is 2. The third-order valence-electron chi connectivity index (χ3n) is 4.12. The highest BCUT2D eigenvalue weighted by Gasteiger charge is 2.18. The average molecular weight is 399 g/mol. The molecule has 2 aromatic rings. The SMILES string of the molecule is CCOc1ccc([C@@H](C)NC(=O)c2ccccc2CNC(=O)OC(C)(C)C)cc1. The number of ether oxygens (including phenoxy) is 2. The number of amides is 2. The van der Waals surface area contributed by atoms with E-state index in [4.69, 9.17) is 9.47 Å². The quantitative estimate of drug-likeness (QED) is 0.715. The molecule has 6 heteroatoms. The van der Waals surface area contributed by atoms with Crippen LogP contribution in [-0.4, -0.2) is 24.2 Å². The van der Waals surface area contributed by atoms with Gasteiger partial charge in [-0.2, -0.15) is 0 Å². The van der Waals surface area contributed by atoms with E-state index in [9.17, 15) is 9.59 Å². The number of alkyl carbamates (subject to hydrolysis) is 1. The molecule has 0 saturated carbocycles. The van der Waals surface area contributed by atoms with Gasteiger partial charge in [-0.3, -0.25) is 4.79 Å². The predicted molar refractivity (Wildman–Crippen MR) is 113 cm³/mol. The fourth-order valence-electron chi connectivity index (χ4n) is 2.75. The number of nitrogens with one attached hydrogen (secondary N) is 2. The van der Waals surface area contributed by atoms with E-state index in [1.54, 1.807) is 32.9 Å². The van der Waals surface area contributed by atoms with Crippen LogP contribution in [0.2, 0.25) is 0 Å². The maximum atomic E-state index is 12.8. The van der Waals surface area contributed by atoms with E-state index in [0.29, 0.717) is 12.2 Å². The van der Waals surface area contributed by atoms with Gasteiger partial charge < -0.3 is 20.1 Å². The molecule has 0 radical (unpaired) electrons. The first kappa shape index (κ1) is 22.3. The van der Waals surface area contributed by atoms with Crippen LogP contribution >= 0.6 is 0 Å². The second-order valence-corrected chi connectivity index (χ2v) is 7.71. The van der Waals surface area contributed by atoms with E-state index in [1.165, 1.54) is 0 Å². The number of benzene rings is 2. The highest BCUT2D eigenvalue weighted by atomic mass is 16.6. The molecule has 2 amide bonds. The molecular formula is C23H30N2O4. The first-order chi connectivity index (χ1) is 13.7. The monoisotopic (exact) mass is 398 g/mol. The summed E-state index contributed by atoms with van der Waals surface area (Å²) in [7, 11) is 0. The molecule has 0 spiro atoms. The Morgan fingerprint density at radius 2 is 1.69 bits per heavy atom. The molecule has 0 aliphatic rings. The number of rotatable bonds is 7. The van der Waals surface area contributed by atoms with Crippen LogP contribution in [0.5, 0.6) is 5.75 Å². The Morgan fingerprint density at radius 1 is 1.03 bits per heavy atom. The molecule has 6 nitrogen and oxygen atoms in total. The standard InChI is InChI=1S/C23H30N2O4/c1-6-28-19-13-11-17(12-14-19)16(2)25-21(26)20-10-8-7-9-18(20)15-24-22(27)29-23(3,4)5/h7-14,16H,6,15H2,1-5H3,(H,24,27)(H,25,26)/t16-/m1/s1. The van der Waals surface area contributed by atoms with Crippen molar-refractivity contribution in [2.45, 2.75) is 52.8 Å². The summed E-state index contributed by atoms with van der Waals surface area (Å²) in [6.45, 7) is 10.1. The topological polar surface area (TPSA) is 76.7 Å². The molecule has 1 atom stereocenters. The molecule has 2 rings (SSSR count). The molecule has 0 aromatic heterocycles. The fraction of sp³-hybridized carbons (Fsp3) is 0.391. The van der Waals surface area contributed by atoms with E-state index in [1.807, 2.05) is 50.2 Å². The summed E-state index contributed by atoms with van der Waals surface area (Å²) in [6, 6.07) is 14.7. The summed E-state index contributed by atoms with van der Waals surface area (Å²) in [5, 5.41) is 5.71. The summed E-state index contributed by atoms with van der Waals surface area (Å²) in [5.74, 6) is 0.598. The van der Waals surface area contributed by atoms with Crippen molar-refractivity contribution in [1.82, 2.24) is 10.6 Å². The molecule has 2 N–H and O–H groups in total. The average Bonchev–Trinajstić information content (AvgIpc) is 2.66. The largest absolute Gasteiger partial charge is 0.494 e. The van der Waals surface area contributed by atoms with Gasteiger partial charge in [0.15, 0.2) is 0 Å². The molecular weight excluding hydrogens is 368 g/mol. The summed E-state index contributed by atoms with van der Waals surface area (Å²) < 4.78 is 10.7. The summed E-state index contributed by atoms with van der Waals surface area (Å²) in [5.41, 5.74) is 1.64. The molecule has 0 saturated heterocycles. The normalized spacial score (nSPS) is 12.0. The fourth-order valence-corrected chi connectivity index (χ4v) is 2.75. The smallest absolute Gasteiger partial charge is 0.407 e. The van der Waals surface area contributed by atoms with Crippen molar-refractivity contribution in [3.8, 4) is 5.75 Å². The highest BCUT2D eigenvalue weighted by molar-refractivity contribution is 5.96. The molecule has 0 fully saturated rings. The van der Waals surface area contributed by atoms with E-state index >= 15 is 0 Å². The van der Waals surface area contributed by atoms with Crippen LogP contribution in [0, 0.1) is 0 Å². The van der Waals surface area contributed by atoms with Crippen LogP contribution < -0.4 is 15.4 Å². The minimum absolute atomic E-state index is 0.176. The van der Waals surface area contributed by atoms with Crippen LogP contribution in [0.1, 0.15) is 62.1 Å². The zero-order valence-corrected chi connectivity index (χ0v) is 17.7. The lowest BCUT2D eigenvalue weighted by Gasteiger charge is -2.20. The van der Waals surface area contributed by atoms with Gasteiger partial charge in [-0.1, -0.05) is 30.3 Å². The van der Waals surface area contributed by atoms with Crippen molar-refractivity contribution in [2.75, 3.05) is 6.61 Å². The van der Waals surface area contributed by atoms with Gasteiger partial charge in [0.05, 0.1) is 12.6 Å². The lowest BCUT2D eigenvalue weighted by molar-refractivity contribution is 0.0522. The second-order valence-electron chi connectivity index (χ2n) is 7.71. The highest BCUT2D eigenvalue weighted by Crippen LogP contribution is 2.19. The van der Waals surface area contributed by atoms with Crippen molar-refractivity contribution < 1.29 is 19.1 Å². The number of hydrogen-bond acceptors (Lipinski definition) is 4. The van der Waals surface area contributed by atoms with Gasteiger partial charge in [0, 0.05) is 12.1 Å². The first-order valence-electron chi connectivity index (χ1n) is 9.78. The first-order valence-corrected chi connectivity index (χ1v) is 9.78. The van der Waals surface area contributed by atoms with Crippen molar-refractivity contribution >= 4 is 12.0 Å². The lowest BCUT2D eigenvalue weighted by Crippen LogP contribution is -2.33. The van der Waals surface area contributed by atoms with Crippen LogP contribution in [0.15, 0.2) is 48.5 Å². The molecule has 2 aromatic carbocycles. The molecule has 0 heterocycles. The zero-order valence-electron chi connectivity index (χ0n) is 17.7. The van der Waals surface area contributed by atoms with Gasteiger partial charge in [0.2, 0.25) is 0 Å². The number of hydrogen-bond donors (Lipinski definition) is 2. The second kappa shape index (κ2) is 9.96. The Kier molecular flexibility index (Phi) is 7.65. The molecule has 29 heavy (non-hydrogen) atoms.